The molecule has 182 valence electrons. The summed E-state index contributed by atoms with van der Waals surface area (Å²) in [6.45, 7) is 0. The fraction of sp³-hybridized carbons (Fsp3) is 0. The number of para-hydroxylation sites is 4. The summed E-state index contributed by atoms with van der Waals surface area (Å²) in [5.41, 5.74) is 9.28. The highest BCUT2D eigenvalue weighted by molar-refractivity contribution is 6.15. The number of hydrogen-bond donors (Lipinski definition) is 0. The molecule has 0 bridgehead atoms. The molecule has 0 radical (unpaired) electrons. The second kappa shape index (κ2) is 7.62. The Kier molecular flexibility index (Phi) is 4.05. The molecule has 0 atom stereocenters. The summed E-state index contributed by atoms with van der Waals surface area (Å²) in [7, 11) is 0. The molecule has 3 aromatic heterocycles. The molecule has 3 heteroatoms. The largest absolute Gasteiger partial charge is 0.456 e. The maximum Gasteiger partial charge on any atom is 0.159 e. The van der Waals surface area contributed by atoms with Crippen molar-refractivity contribution in [3.05, 3.63) is 127 Å². The van der Waals surface area contributed by atoms with Gasteiger partial charge in [-0.2, -0.15) is 0 Å². The van der Waals surface area contributed by atoms with Crippen molar-refractivity contribution in [2.45, 2.75) is 0 Å². The number of rotatable bonds is 2. The lowest BCUT2D eigenvalue weighted by Crippen LogP contribution is -1.93. The molecule has 3 nitrogen and oxygen atoms in total. The van der Waals surface area contributed by atoms with E-state index in [1.807, 2.05) is 18.2 Å². The van der Waals surface area contributed by atoms with Crippen molar-refractivity contribution in [1.29, 1.82) is 0 Å². The van der Waals surface area contributed by atoms with E-state index in [4.69, 9.17) is 8.83 Å². The van der Waals surface area contributed by atoms with Gasteiger partial charge in [-0.3, -0.25) is 0 Å². The Hall–Kier alpha value is -5.28. The zero-order chi connectivity index (χ0) is 25.5. The number of nitrogens with zero attached hydrogens (tertiary/aromatic N) is 1. The summed E-state index contributed by atoms with van der Waals surface area (Å²) >= 11 is 0. The number of furan rings is 2. The van der Waals surface area contributed by atoms with Crippen LogP contribution in [0.15, 0.2) is 136 Å². The van der Waals surface area contributed by atoms with Crippen molar-refractivity contribution in [1.82, 2.24) is 4.57 Å². The maximum absolute atomic E-state index is 6.60. The number of fused-ring (bicyclic) bond motifs is 9. The summed E-state index contributed by atoms with van der Waals surface area (Å²) in [5.74, 6) is 0. The van der Waals surface area contributed by atoms with Crippen LogP contribution in [0, 0.1) is 0 Å². The smallest absolute Gasteiger partial charge is 0.159 e. The van der Waals surface area contributed by atoms with E-state index >= 15 is 0 Å². The Morgan fingerprint density at radius 1 is 0.436 bits per heavy atom. The van der Waals surface area contributed by atoms with Crippen LogP contribution < -0.4 is 0 Å². The van der Waals surface area contributed by atoms with E-state index in [2.05, 4.69) is 114 Å². The van der Waals surface area contributed by atoms with Gasteiger partial charge in [-0.25, -0.2) is 0 Å². The molecule has 0 saturated carbocycles. The van der Waals surface area contributed by atoms with Crippen LogP contribution in [-0.2, 0) is 0 Å². The van der Waals surface area contributed by atoms with Crippen LogP contribution in [-0.4, -0.2) is 4.57 Å². The lowest BCUT2D eigenvalue weighted by molar-refractivity contribution is 0.666. The van der Waals surface area contributed by atoms with Crippen LogP contribution in [0.3, 0.4) is 0 Å². The van der Waals surface area contributed by atoms with Crippen molar-refractivity contribution in [3.63, 3.8) is 0 Å². The van der Waals surface area contributed by atoms with Crippen molar-refractivity contribution >= 4 is 65.7 Å². The fourth-order valence-electron chi connectivity index (χ4n) is 6.32. The van der Waals surface area contributed by atoms with E-state index < -0.39 is 0 Å². The highest BCUT2D eigenvalue weighted by atomic mass is 16.3. The van der Waals surface area contributed by atoms with Crippen molar-refractivity contribution < 1.29 is 8.83 Å². The van der Waals surface area contributed by atoms with Gasteiger partial charge in [-0.1, -0.05) is 84.9 Å². The first kappa shape index (κ1) is 20.7. The fourth-order valence-corrected chi connectivity index (χ4v) is 6.32. The average molecular weight is 500 g/mol. The van der Waals surface area contributed by atoms with Crippen LogP contribution in [0.2, 0.25) is 0 Å². The lowest BCUT2D eigenvalue weighted by Gasteiger charge is -2.08. The first-order valence-electron chi connectivity index (χ1n) is 13.2. The first-order chi connectivity index (χ1) is 19.3. The van der Waals surface area contributed by atoms with Gasteiger partial charge >= 0.3 is 0 Å². The third-order valence-corrected chi connectivity index (χ3v) is 8.01. The monoisotopic (exact) mass is 499 g/mol. The van der Waals surface area contributed by atoms with Gasteiger partial charge in [0.1, 0.15) is 16.7 Å². The topological polar surface area (TPSA) is 31.2 Å². The van der Waals surface area contributed by atoms with E-state index in [9.17, 15) is 0 Å². The van der Waals surface area contributed by atoms with Crippen LogP contribution in [0.1, 0.15) is 0 Å². The van der Waals surface area contributed by atoms with Crippen molar-refractivity contribution in [2.75, 3.05) is 0 Å². The summed E-state index contributed by atoms with van der Waals surface area (Å²) in [4.78, 5) is 0. The van der Waals surface area contributed by atoms with Crippen molar-refractivity contribution in [3.8, 4) is 16.8 Å². The Balaban J connectivity index is 1.32. The highest BCUT2D eigenvalue weighted by Crippen LogP contribution is 2.41. The Morgan fingerprint density at radius 2 is 1.08 bits per heavy atom. The van der Waals surface area contributed by atoms with Gasteiger partial charge in [0.05, 0.1) is 16.7 Å². The summed E-state index contributed by atoms with van der Waals surface area (Å²) in [6, 6.07) is 44.7. The summed E-state index contributed by atoms with van der Waals surface area (Å²) < 4.78 is 15.1. The third-order valence-electron chi connectivity index (χ3n) is 8.01. The minimum absolute atomic E-state index is 0.881. The second-order valence-electron chi connectivity index (χ2n) is 10.1. The second-order valence-corrected chi connectivity index (χ2v) is 10.1. The van der Waals surface area contributed by atoms with Gasteiger partial charge in [-0.05, 0) is 53.6 Å². The minimum atomic E-state index is 0.881. The normalized spacial score (nSPS) is 12.1. The molecule has 0 N–H and O–H groups in total. The molecule has 0 aliphatic heterocycles. The number of aromatic nitrogens is 1. The molecule has 0 aliphatic carbocycles. The van der Waals surface area contributed by atoms with Gasteiger partial charge in [0, 0.05) is 32.3 Å². The van der Waals surface area contributed by atoms with Gasteiger partial charge in [0.2, 0.25) is 0 Å². The highest BCUT2D eigenvalue weighted by Gasteiger charge is 2.18. The zero-order valence-electron chi connectivity index (χ0n) is 20.9. The number of benzene rings is 6. The third kappa shape index (κ3) is 2.82. The molecule has 0 spiro atoms. The van der Waals surface area contributed by atoms with Gasteiger partial charge in [-0.15, -0.1) is 0 Å². The van der Waals surface area contributed by atoms with Crippen LogP contribution in [0.5, 0.6) is 0 Å². The predicted molar refractivity (Wildman–Crippen MR) is 161 cm³/mol. The molecule has 6 aromatic carbocycles. The molecule has 0 amide bonds. The van der Waals surface area contributed by atoms with Gasteiger partial charge in [0.15, 0.2) is 5.58 Å². The van der Waals surface area contributed by atoms with Crippen molar-refractivity contribution in [2.24, 2.45) is 0 Å². The van der Waals surface area contributed by atoms with Gasteiger partial charge < -0.3 is 13.4 Å². The standard InChI is InChI=1S/C36H21NO2/c1-4-14-29-24(9-1)25-10-2-5-15-30(25)37(29)31-16-7-13-26-28-21-22(19-20-33(28)39-36(26)31)23-12-8-18-34-35(23)27-11-3-6-17-32(27)38-34/h1-21H. The van der Waals surface area contributed by atoms with E-state index in [0.29, 0.717) is 0 Å². The maximum atomic E-state index is 6.60. The molecular weight excluding hydrogens is 478 g/mol. The Morgan fingerprint density at radius 3 is 1.90 bits per heavy atom. The quantitative estimate of drug-likeness (QED) is 0.237. The molecule has 9 aromatic rings. The number of hydrogen-bond acceptors (Lipinski definition) is 2. The van der Waals surface area contributed by atoms with E-state index in [0.717, 1.165) is 60.7 Å². The van der Waals surface area contributed by atoms with E-state index in [1.54, 1.807) is 0 Å². The van der Waals surface area contributed by atoms with Crippen LogP contribution >= 0.6 is 0 Å². The molecule has 3 heterocycles. The molecule has 9 rings (SSSR count). The van der Waals surface area contributed by atoms with E-state index in [1.165, 1.54) is 21.8 Å². The first-order valence-corrected chi connectivity index (χ1v) is 13.2. The molecule has 0 aliphatic rings. The SMILES string of the molecule is c1ccc2c(c1)oc1cccc(-c3ccc4oc5c(-n6c7ccccc7c7ccccc76)cccc5c4c3)c12. The summed E-state index contributed by atoms with van der Waals surface area (Å²) in [6.07, 6.45) is 0. The van der Waals surface area contributed by atoms with Crippen LogP contribution in [0.4, 0.5) is 0 Å². The molecule has 0 fully saturated rings. The predicted octanol–water partition coefficient (Wildman–Crippen LogP) is 10.2. The molecule has 39 heavy (non-hydrogen) atoms. The molecular formula is C36H21NO2. The average Bonchev–Trinajstić information content (AvgIpc) is 3.66. The molecule has 0 unspecified atom stereocenters. The zero-order valence-corrected chi connectivity index (χ0v) is 20.9. The molecule has 0 saturated heterocycles. The lowest BCUT2D eigenvalue weighted by atomic mass is 9.98. The minimum Gasteiger partial charge on any atom is -0.456 e. The summed E-state index contributed by atoms with van der Waals surface area (Å²) in [5, 5.41) is 6.97. The van der Waals surface area contributed by atoms with Gasteiger partial charge in [0.25, 0.3) is 0 Å². The Bertz CT molecular complexity index is 2350. The Labute approximate surface area is 223 Å². The van der Waals surface area contributed by atoms with E-state index in [-0.39, 0.29) is 0 Å². The van der Waals surface area contributed by atoms with Crippen LogP contribution in [0.25, 0.3) is 82.5 Å².